The molecule has 0 aromatic heterocycles. The number of hydrogen-bond acceptors (Lipinski definition) is 3. The van der Waals surface area contributed by atoms with Gasteiger partial charge in [0.2, 0.25) is 5.91 Å². The molecule has 0 atom stereocenters. The molecule has 1 aliphatic carbocycles. The lowest BCUT2D eigenvalue weighted by Gasteiger charge is -2.16. The smallest absolute Gasteiger partial charge is 0.234 e. The van der Waals surface area contributed by atoms with Crippen LogP contribution in [0.3, 0.4) is 0 Å². The molecule has 0 saturated heterocycles. The molecular formula is C13H25N3O. The molecule has 0 spiro atoms. The van der Waals surface area contributed by atoms with E-state index in [2.05, 4.69) is 11.4 Å². The summed E-state index contributed by atoms with van der Waals surface area (Å²) in [6.45, 7) is 2.56. The topological polar surface area (TPSA) is 58.4 Å². The maximum absolute atomic E-state index is 11.6. The Hall–Kier alpha value is -0.870. The summed E-state index contributed by atoms with van der Waals surface area (Å²) >= 11 is 0. The number of carbonyl (C=O) groups excluding carboxylic acids is 1. The molecule has 4 heteroatoms. The van der Waals surface area contributed by atoms with E-state index in [-0.39, 0.29) is 5.91 Å². The third-order valence-electron chi connectivity index (χ3n) is 3.08. The molecule has 0 aromatic carbocycles. The van der Waals surface area contributed by atoms with E-state index >= 15 is 0 Å². The van der Waals surface area contributed by atoms with Gasteiger partial charge in [-0.25, -0.2) is 0 Å². The normalized spacial score (nSPS) is 15.8. The number of carbonyl (C=O) groups is 1. The number of nitrogens with one attached hydrogen (secondary N) is 1. The summed E-state index contributed by atoms with van der Waals surface area (Å²) in [4.78, 5) is 13.5. The monoisotopic (exact) mass is 239 g/mol. The molecule has 0 unspecified atom stereocenters. The SMILES string of the molecule is CN(CCN)CC(=O)NCCC1=CCCCC1. The molecule has 0 bridgehead atoms. The van der Waals surface area contributed by atoms with Gasteiger partial charge in [-0.3, -0.25) is 9.69 Å². The number of allylic oxidation sites excluding steroid dienone is 1. The van der Waals surface area contributed by atoms with Crippen LogP contribution in [0.5, 0.6) is 0 Å². The quantitative estimate of drug-likeness (QED) is 0.649. The van der Waals surface area contributed by atoms with Crippen molar-refractivity contribution in [2.24, 2.45) is 5.73 Å². The maximum Gasteiger partial charge on any atom is 0.234 e. The lowest BCUT2D eigenvalue weighted by atomic mass is 9.97. The second-order valence-electron chi connectivity index (χ2n) is 4.73. The molecule has 17 heavy (non-hydrogen) atoms. The number of hydrogen-bond donors (Lipinski definition) is 2. The van der Waals surface area contributed by atoms with Gasteiger partial charge in [-0.15, -0.1) is 0 Å². The van der Waals surface area contributed by atoms with Crippen LogP contribution < -0.4 is 11.1 Å². The fourth-order valence-electron chi connectivity index (χ4n) is 2.09. The maximum atomic E-state index is 11.6. The first-order chi connectivity index (χ1) is 8.22. The van der Waals surface area contributed by atoms with Gasteiger partial charge in [-0.2, -0.15) is 0 Å². The van der Waals surface area contributed by atoms with Gasteiger partial charge >= 0.3 is 0 Å². The average molecular weight is 239 g/mol. The number of nitrogens with zero attached hydrogens (tertiary/aromatic N) is 1. The number of rotatable bonds is 7. The zero-order valence-electron chi connectivity index (χ0n) is 10.9. The Bertz CT molecular complexity index is 263. The minimum atomic E-state index is 0.0948. The van der Waals surface area contributed by atoms with Gasteiger partial charge in [-0.1, -0.05) is 11.6 Å². The number of nitrogens with two attached hydrogens (primary N) is 1. The van der Waals surface area contributed by atoms with Crippen molar-refractivity contribution in [3.05, 3.63) is 11.6 Å². The molecule has 0 saturated carbocycles. The van der Waals surface area contributed by atoms with Crippen LogP contribution in [0.25, 0.3) is 0 Å². The molecule has 0 aliphatic heterocycles. The summed E-state index contributed by atoms with van der Waals surface area (Å²) < 4.78 is 0. The molecule has 0 fully saturated rings. The van der Waals surface area contributed by atoms with Crippen molar-refractivity contribution in [1.82, 2.24) is 10.2 Å². The minimum absolute atomic E-state index is 0.0948. The van der Waals surface area contributed by atoms with Crippen molar-refractivity contribution >= 4 is 5.91 Å². The Labute approximate surface area is 104 Å². The van der Waals surface area contributed by atoms with Gasteiger partial charge in [0.1, 0.15) is 0 Å². The van der Waals surface area contributed by atoms with Crippen LogP contribution in [0, 0.1) is 0 Å². The van der Waals surface area contributed by atoms with E-state index in [0.717, 1.165) is 19.5 Å². The molecule has 1 rings (SSSR count). The Kier molecular flexibility index (Phi) is 6.89. The zero-order chi connectivity index (χ0) is 12.5. The van der Waals surface area contributed by atoms with Crippen LogP contribution in [0.4, 0.5) is 0 Å². The van der Waals surface area contributed by atoms with Crippen molar-refractivity contribution in [2.75, 3.05) is 33.2 Å². The van der Waals surface area contributed by atoms with E-state index in [9.17, 15) is 4.79 Å². The van der Waals surface area contributed by atoms with Crippen molar-refractivity contribution in [3.8, 4) is 0 Å². The van der Waals surface area contributed by atoms with Crippen molar-refractivity contribution in [2.45, 2.75) is 32.1 Å². The highest BCUT2D eigenvalue weighted by Crippen LogP contribution is 2.19. The minimum Gasteiger partial charge on any atom is -0.355 e. The first-order valence-corrected chi connectivity index (χ1v) is 6.55. The van der Waals surface area contributed by atoms with Gasteiger partial charge in [0.25, 0.3) is 0 Å². The lowest BCUT2D eigenvalue weighted by Crippen LogP contribution is -2.37. The highest BCUT2D eigenvalue weighted by Gasteiger charge is 2.06. The van der Waals surface area contributed by atoms with E-state index < -0.39 is 0 Å². The Morgan fingerprint density at radius 3 is 3.00 bits per heavy atom. The van der Waals surface area contributed by atoms with E-state index in [0.29, 0.717) is 13.1 Å². The highest BCUT2D eigenvalue weighted by molar-refractivity contribution is 5.77. The van der Waals surface area contributed by atoms with E-state index in [1.54, 1.807) is 0 Å². The molecule has 0 radical (unpaired) electrons. The van der Waals surface area contributed by atoms with Crippen molar-refractivity contribution in [3.63, 3.8) is 0 Å². The van der Waals surface area contributed by atoms with Gasteiger partial charge in [0, 0.05) is 19.6 Å². The van der Waals surface area contributed by atoms with Crippen LogP contribution in [0.15, 0.2) is 11.6 Å². The second kappa shape index (κ2) is 8.25. The first kappa shape index (κ1) is 14.2. The van der Waals surface area contributed by atoms with Gasteiger partial charge in [0.05, 0.1) is 6.54 Å². The molecule has 0 aromatic rings. The van der Waals surface area contributed by atoms with Crippen LogP contribution in [0.1, 0.15) is 32.1 Å². The summed E-state index contributed by atoms with van der Waals surface area (Å²) in [5.74, 6) is 0.0948. The van der Waals surface area contributed by atoms with Gasteiger partial charge in [0.15, 0.2) is 0 Å². The third kappa shape index (κ3) is 6.44. The summed E-state index contributed by atoms with van der Waals surface area (Å²) in [6.07, 6.45) is 8.38. The fourth-order valence-corrected chi connectivity index (χ4v) is 2.09. The van der Waals surface area contributed by atoms with Crippen LogP contribution in [-0.4, -0.2) is 44.0 Å². The molecule has 0 heterocycles. The van der Waals surface area contributed by atoms with Crippen LogP contribution in [0.2, 0.25) is 0 Å². The fraction of sp³-hybridized carbons (Fsp3) is 0.769. The molecule has 1 amide bonds. The standard InChI is InChI=1S/C13H25N3O/c1-16(10-8-14)11-13(17)15-9-7-12-5-3-2-4-6-12/h5H,2-4,6-11,14H2,1H3,(H,15,17). The van der Waals surface area contributed by atoms with Crippen molar-refractivity contribution in [1.29, 1.82) is 0 Å². The van der Waals surface area contributed by atoms with Crippen molar-refractivity contribution < 1.29 is 4.79 Å². The predicted molar refractivity (Wildman–Crippen MR) is 70.7 cm³/mol. The largest absolute Gasteiger partial charge is 0.355 e. The summed E-state index contributed by atoms with van der Waals surface area (Å²) in [7, 11) is 1.91. The van der Waals surface area contributed by atoms with Gasteiger partial charge < -0.3 is 11.1 Å². The highest BCUT2D eigenvalue weighted by atomic mass is 16.2. The summed E-state index contributed by atoms with van der Waals surface area (Å²) in [5, 5.41) is 2.96. The molecule has 4 nitrogen and oxygen atoms in total. The second-order valence-corrected chi connectivity index (χ2v) is 4.73. The predicted octanol–water partition coefficient (Wildman–Crippen LogP) is 0.884. The molecule has 98 valence electrons. The number of amides is 1. The Balaban J connectivity index is 2.09. The molecule has 3 N–H and O–H groups in total. The number of likely N-dealkylation sites (N-methyl/N-ethyl adjacent to an activating group) is 1. The average Bonchev–Trinajstić information content (AvgIpc) is 2.30. The summed E-state index contributed by atoms with van der Waals surface area (Å²) in [6, 6.07) is 0. The van der Waals surface area contributed by atoms with Crippen LogP contribution >= 0.6 is 0 Å². The van der Waals surface area contributed by atoms with Crippen LogP contribution in [-0.2, 0) is 4.79 Å². The summed E-state index contributed by atoms with van der Waals surface area (Å²) in [5.41, 5.74) is 6.93. The van der Waals surface area contributed by atoms with E-state index in [4.69, 9.17) is 5.73 Å². The first-order valence-electron chi connectivity index (χ1n) is 6.55. The van der Waals surface area contributed by atoms with E-state index in [1.807, 2.05) is 11.9 Å². The van der Waals surface area contributed by atoms with E-state index in [1.165, 1.54) is 31.3 Å². The lowest BCUT2D eigenvalue weighted by molar-refractivity contribution is -0.121. The molecular weight excluding hydrogens is 214 g/mol. The Morgan fingerprint density at radius 1 is 1.53 bits per heavy atom. The van der Waals surface area contributed by atoms with Gasteiger partial charge in [-0.05, 0) is 39.2 Å². The third-order valence-corrected chi connectivity index (χ3v) is 3.08. The Morgan fingerprint density at radius 2 is 2.35 bits per heavy atom. The molecule has 1 aliphatic rings. The zero-order valence-corrected chi connectivity index (χ0v) is 10.9.